The molecular formula is C40H49ClN12O4S. The Balaban J connectivity index is 0.746. The molecule has 5 aromatic rings. The number of carbonyl (C=O) groups is 2. The number of aromatic nitrogens is 6. The Hall–Kier alpha value is -4.84. The number of imide groups is 1. The van der Waals surface area contributed by atoms with Crippen molar-refractivity contribution in [2.75, 3.05) is 67.5 Å². The second-order valence-corrected chi connectivity index (χ2v) is 18.4. The maximum atomic E-state index is 13.8. The second-order valence-electron chi connectivity index (χ2n) is 16.1. The molecular weight excluding hydrogens is 780 g/mol. The number of rotatable bonds is 9. The molecule has 0 atom stereocenters. The van der Waals surface area contributed by atoms with Gasteiger partial charge in [-0.15, -0.1) is 0 Å². The molecule has 18 heteroatoms. The molecule has 9 rings (SSSR count). The molecule has 0 unspecified atom stereocenters. The van der Waals surface area contributed by atoms with Crippen molar-refractivity contribution in [3.8, 4) is 0 Å². The highest BCUT2D eigenvalue weighted by Gasteiger charge is 2.32. The SMILES string of the molecule is Cn1nc(N2CCC(=O)NC2=O)c2ccc(C3CCN(CC4CCN(c5cccc(S(=O)(=O)N6CCC(Nc7ncc8c(Cl)nn(C)c8n7)CC6)c5)CC4)CC3)cc21. The van der Waals surface area contributed by atoms with Gasteiger partial charge >= 0.3 is 6.03 Å². The van der Waals surface area contributed by atoms with Crippen molar-refractivity contribution in [2.45, 2.75) is 61.8 Å². The molecule has 3 aromatic heterocycles. The summed E-state index contributed by atoms with van der Waals surface area (Å²) in [6.45, 7) is 6.16. The van der Waals surface area contributed by atoms with Crippen molar-refractivity contribution in [1.82, 2.24) is 44.1 Å². The lowest BCUT2D eigenvalue weighted by atomic mass is 9.88. The topological polar surface area (TPSA) is 167 Å². The molecule has 0 saturated carbocycles. The molecule has 7 heterocycles. The number of halogens is 1. The van der Waals surface area contributed by atoms with E-state index in [4.69, 9.17) is 11.6 Å². The van der Waals surface area contributed by atoms with Gasteiger partial charge < -0.3 is 15.1 Å². The first kappa shape index (κ1) is 38.7. The quantitative estimate of drug-likeness (QED) is 0.211. The summed E-state index contributed by atoms with van der Waals surface area (Å²) in [5.74, 6) is 1.89. The zero-order chi connectivity index (χ0) is 40.1. The standard InChI is InChI=1S/C40H49ClN12O4S/c1-48-34-22-28(6-7-32(34)38(47-48)53-21-14-35(54)44-40(53)55)27-10-15-50(16-11-27)25-26-8-17-51(18-9-26)30-4-3-5-31(23-30)58(56,57)52-19-12-29(13-20-52)43-39-42-24-33-36(41)46-49(2)37(33)45-39/h3-7,22-24,26-27,29H,8-21,25H2,1-2H3,(H,42,43,45)(H,44,54,55). The first-order valence-electron chi connectivity index (χ1n) is 20.3. The molecule has 0 spiro atoms. The van der Waals surface area contributed by atoms with Crippen LogP contribution in [0.25, 0.3) is 21.9 Å². The normalized spacial score (nSPS) is 20.1. The zero-order valence-corrected chi connectivity index (χ0v) is 34.4. The average Bonchev–Trinajstić information content (AvgIpc) is 3.71. The Bertz CT molecular complexity index is 2470. The van der Waals surface area contributed by atoms with Crippen molar-refractivity contribution in [3.05, 3.63) is 59.4 Å². The Morgan fingerprint density at radius 1 is 0.862 bits per heavy atom. The number of hydrogen-bond donors (Lipinski definition) is 2. The summed E-state index contributed by atoms with van der Waals surface area (Å²) in [7, 11) is 0.0453. The van der Waals surface area contributed by atoms with E-state index in [1.807, 2.05) is 29.9 Å². The van der Waals surface area contributed by atoms with Gasteiger partial charge in [-0.3, -0.25) is 19.7 Å². The smallest absolute Gasteiger partial charge is 0.329 e. The van der Waals surface area contributed by atoms with Crippen LogP contribution in [0.3, 0.4) is 0 Å². The Morgan fingerprint density at radius 3 is 2.40 bits per heavy atom. The third-order valence-electron chi connectivity index (χ3n) is 12.5. The molecule has 4 aliphatic heterocycles. The van der Waals surface area contributed by atoms with Crippen LogP contribution in [0.4, 0.5) is 22.2 Å². The fourth-order valence-electron chi connectivity index (χ4n) is 9.14. The van der Waals surface area contributed by atoms with Crippen molar-refractivity contribution < 1.29 is 18.0 Å². The van der Waals surface area contributed by atoms with Crippen LogP contribution in [-0.2, 0) is 28.9 Å². The maximum Gasteiger partial charge on any atom is 0.329 e. The summed E-state index contributed by atoms with van der Waals surface area (Å²) in [5.41, 5.74) is 3.90. The zero-order valence-electron chi connectivity index (χ0n) is 32.8. The van der Waals surface area contributed by atoms with E-state index in [0.29, 0.717) is 77.2 Å². The van der Waals surface area contributed by atoms with Crippen molar-refractivity contribution in [1.29, 1.82) is 0 Å². The molecule has 0 bridgehead atoms. The van der Waals surface area contributed by atoms with Crippen LogP contribution in [0.15, 0.2) is 53.6 Å². The number of hydrogen-bond acceptors (Lipinski definition) is 11. The number of nitrogens with one attached hydrogen (secondary N) is 2. The van der Waals surface area contributed by atoms with Crippen LogP contribution < -0.4 is 20.4 Å². The van der Waals surface area contributed by atoms with Gasteiger partial charge in [0.25, 0.3) is 0 Å². The van der Waals surface area contributed by atoms with Gasteiger partial charge in [0, 0.05) is 83.1 Å². The van der Waals surface area contributed by atoms with E-state index >= 15 is 0 Å². The molecule has 0 aliphatic carbocycles. The van der Waals surface area contributed by atoms with Gasteiger partial charge in [0.05, 0.1) is 15.8 Å². The van der Waals surface area contributed by atoms with Crippen molar-refractivity contribution in [3.63, 3.8) is 0 Å². The molecule has 306 valence electrons. The summed E-state index contributed by atoms with van der Waals surface area (Å²) >= 11 is 6.16. The molecule has 4 fully saturated rings. The highest BCUT2D eigenvalue weighted by atomic mass is 35.5. The molecule has 3 amide bonds. The van der Waals surface area contributed by atoms with E-state index in [9.17, 15) is 18.0 Å². The average molecular weight is 829 g/mol. The van der Waals surface area contributed by atoms with E-state index in [0.717, 1.165) is 75.0 Å². The number of benzene rings is 2. The Labute approximate surface area is 342 Å². The third kappa shape index (κ3) is 7.60. The fourth-order valence-corrected chi connectivity index (χ4v) is 10.9. The first-order chi connectivity index (χ1) is 28.0. The number of fused-ring (bicyclic) bond motifs is 2. The number of urea groups is 1. The maximum absolute atomic E-state index is 13.8. The number of sulfonamides is 1. The van der Waals surface area contributed by atoms with Gasteiger partial charge in [-0.1, -0.05) is 23.7 Å². The lowest BCUT2D eigenvalue weighted by Gasteiger charge is -2.38. The number of likely N-dealkylation sites (tertiary alicyclic amines) is 1. The van der Waals surface area contributed by atoms with Crippen LogP contribution in [0.1, 0.15) is 56.4 Å². The second kappa shape index (κ2) is 15.7. The van der Waals surface area contributed by atoms with Gasteiger partial charge in [0.2, 0.25) is 21.9 Å². The van der Waals surface area contributed by atoms with E-state index in [2.05, 4.69) is 58.8 Å². The van der Waals surface area contributed by atoms with Crippen molar-refractivity contribution in [2.24, 2.45) is 20.0 Å². The first-order valence-corrected chi connectivity index (χ1v) is 22.1. The summed E-state index contributed by atoms with van der Waals surface area (Å²) in [6, 6.07) is 13.6. The van der Waals surface area contributed by atoms with Crippen LogP contribution in [0.5, 0.6) is 0 Å². The number of anilines is 3. The van der Waals surface area contributed by atoms with Crippen LogP contribution in [-0.4, -0.2) is 117 Å². The Morgan fingerprint density at radius 2 is 1.64 bits per heavy atom. The minimum Gasteiger partial charge on any atom is -0.371 e. The molecule has 4 aliphatic rings. The van der Waals surface area contributed by atoms with Gasteiger partial charge in [0.1, 0.15) is 0 Å². The predicted molar refractivity (Wildman–Crippen MR) is 223 cm³/mol. The number of aryl methyl sites for hydroxylation is 2. The molecule has 2 N–H and O–H groups in total. The van der Waals surface area contributed by atoms with E-state index < -0.39 is 16.1 Å². The molecule has 0 radical (unpaired) electrons. The molecule has 16 nitrogen and oxygen atoms in total. The highest BCUT2D eigenvalue weighted by molar-refractivity contribution is 7.89. The minimum atomic E-state index is -3.64. The number of nitrogens with zero attached hydrogens (tertiary/aromatic N) is 10. The summed E-state index contributed by atoms with van der Waals surface area (Å²) in [6.07, 6.45) is 7.55. The Kier molecular flexibility index (Phi) is 10.5. The van der Waals surface area contributed by atoms with Crippen LogP contribution in [0.2, 0.25) is 5.15 Å². The lowest BCUT2D eigenvalue weighted by Crippen LogP contribution is -2.49. The molecule has 4 saturated heterocycles. The summed E-state index contributed by atoms with van der Waals surface area (Å²) < 4.78 is 32.7. The van der Waals surface area contributed by atoms with Gasteiger partial charge in [0.15, 0.2) is 16.6 Å². The predicted octanol–water partition coefficient (Wildman–Crippen LogP) is 4.71. The van der Waals surface area contributed by atoms with Crippen LogP contribution >= 0.6 is 11.6 Å². The molecule has 58 heavy (non-hydrogen) atoms. The lowest BCUT2D eigenvalue weighted by molar-refractivity contribution is -0.120. The summed E-state index contributed by atoms with van der Waals surface area (Å²) in [5, 5.41) is 16.6. The number of carbonyl (C=O) groups excluding carboxylic acids is 2. The minimum absolute atomic E-state index is 0.0521. The van der Waals surface area contributed by atoms with Gasteiger partial charge in [-0.05, 0) is 99.3 Å². The number of amides is 3. The monoisotopic (exact) mass is 828 g/mol. The van der Waals surface area contributed by atoms with Gasteiger partial charge in [-0.25, -0.2) is 22.9 Å². The summed E-state index contributed by atoms with van der Waals surface area (Å²) in [4.78, 5) is 40.0. The third-order valence-corrected chi connectivity index (χ3v) is 14.7. The van der Waals surface area contributed by atoms with E-state index in [-0.39, 0.29) is 18.4 Å². The fraction of sp³-hybridized carbons (Fsp3) is 0.500. The van der Waals surface area contributed by atoms with E-state index in [1.165, 1.54) is 5.56 Å². The van der Waals surface area contributed by atoms with Crippen LogP contribution in [0, 0.1) is 5.92 Å². The molecule has 2 aromatic carbocycles. The van der Waals surface area contributed by atoms with Gasteiger partial charge in [-0.2, -0.15) is 19.5 Å². The number of piperidine rings is 3. The van der Waals surface area contributed by atoms with Crippen molar-refractivity contribution >= 4 is 73.0 Å². The highest BCUT2D eigenvalue weighted by Crippen LogP contribution is 2.35. The largest absolute Gasteiger partial charge is 0.371 e. The van der Waals surface area contributed by atoms with E-state index in [1.54, 1.807) is 33.2 Å².